The summed E-state index contributed by atoms with van der Waals surface area (Å²) < 4.78 is 0. The van der Waals surface area contributed by atoms with Crippen molar-refractivity contribution in [1.82, 2.24) is 4.98 Å². The van der Waals surface area contributed by atoms with E-state index in [4.69, 9.17) is 5.73 Å². The van der Waals surface area contributed by atoms with Crippen LogP contribution in [0.25, 0.3) is 21.8 Å². The number of para-hydroxylation sites is 1. The molecule has 0 radical (unpaired) electrons. The molecule has 0 aliphatic rings. The molecule has 2 aromatic carbocycles. The van der Waals surface area contributed by atoms with E-state index in [1.54, 1.807) is 12.1 Å². The number of anilines is 1. The van der Waals surface area contributed by atoms with Gasteiger partial charge in [0.15, 0.2) is 0 Å². The first-order chi connectivity index (χ1) is 7.75. The first-order valence-electron chi connectivity index (χ1n) is 5.02. The van der Waals surface area contributed by atoms with Gasteiger partial charge in [-0.2, -0.15) is 0 Å². The maximum absolute atomic E-state index is 9.54. The minimum atomic E-state index is 0.101. The molecule has 78 valence electrons. The topological polar surface area (TPSA) is 59.1 Å². The molecule has 0 saturated heterocycles. The lowest BCUT2D eigenvalue weighted by molar-refractivity contribution is 0.478. The number of hydrogen-bond donors (Lipinski definition) is 2. The van der Waals surface area contributed by atoms with Crippen LogP contribution in [0.3, 0.4) is 0 Å². The quantitative estimate of drug-likeness (QED) is 0.340. The van der Waals surface area contributed by atoms with Crippen molar-refractivity contribution < 1.29 is 5.11 Å². The second-order valence-electron chi connectivity index (χ2n) is 3.75. The summed E-state index contributed by atoms with van der Waals surface area (Å²) in [7, 11) is 0. The van der Waals surface area contributed by atoms with Crippen LogP contribution >= 0.6 is 0 Å². The predicted octanol–water partition coefficient (Wildman–Crippen LogP) is 2.68. The van der Waals surface area contributed by atoms with Crippen molar-refractivity contribution in [3.63, 3.8) is 0 Å². The van der Waals surface area contributed by atoms with Crippen LogP contribution in [0, 0.1) is 0 Å². The highest BCUT2D eigenvalue weighted by atomic mass is 16.3. The lowest BCUT2D eigenvalue weighted by atomic mass is 10.1. The fourth-order valence-corrected chi connectivity index (χ4v) is 1.86. The zero-order valence-electron chi connectivity index (χ0n) is 8.51. The van der Waals surface area contributed by atoms with Gasteiger partial charge in [-0.3, -0.25) is 0 Å². The Hall–Kier alpha value is -2.29. The van der Waals surface area contributed by atoms with Crippen molar-refractivity contribution >= 4 is 27.5 Å². The molecule has 3 heteroatoms. The van der Waals surface area contributed by atoms with Gasteiger partial charge in [0.1, 0.15) is 5.75 Å². The van der Waals surface area contributed by atoms with Gasteiger partial charge in [-0.05, 0) is 24.3 Å². The Kier molecular flexibility index (Phi) is 1.74. The highest BCUT2D eigenvalue weighted by Gasteiger charge is 2.05. The number of phenols is 1. The van der Waals surface area contributed by atoms with E-state index in [1.807, 2.05) is 30.3 Å². The summed E-state index contributed by atoms with van der Waals surface area (Å²) in [5, 5.41) is 11.3. The monoisotopic (exact) mass is 210 g/mol. The lowest BCUT2D eigenvalue weighted by Gasteiger charge is -2.05. The number of phenolic OH excluding ortho intramolecular Hbond substituents is 1. The highest BCUT2D eigenvalue weighted by Crippen LogP contribution is 2.30. The van der Waals surface area contributed by atoms with E-state index in [1.165, 1.54) is 0 Å². The SMILES string of the molecule is Nc1c(O)ccc2nc3ccccc3cc12. The maximum Gasteiger partial charge on any atom is 0.139 e. The molecule has 0 fully saturated rings. The molecule has 0 unspecified atom stereocenters. The smallest absolute Gasteiger partial charge is 0.139 e. The number of nitrogens with two attached hydrogens (primary N) is 1. The number of nitrogen functional groups attached to an aromatic ring is 1. The van der Waals surface area contributed by atoms with Crippen LogP contribution in [-0.2, 0) is 0 Å². The molecule has 0 amide bonds. The van der Waals surface area contributed by atoms with Gasteiger partial charge < -0.3 is 10.8 Å². The Balaban J connectivity index is 2.51. The van der Waals surface area contributed by atoms with Crippen LogP contribution < -0.4 is 5.73 Å². The number of aromatic hydroxyl groups is 1. The number of nitrogens with zero attached hydrogens (tertiary/aromatic N) is 1. The normalized spacial score (nSPS) is 11.0. The largest absolute Gasteiger partial charge is 0.506 e. The number of aromatic nitrogens is 1. The van der Waals surface area contributed by atoms with Crippen molar-refractivity contribution in [3.05, 3.63) is 42.5 Å². The summed E-state index contributed by atoms with van der Waals surface area (Å²) in [6, 6.07) is 13.1. The molecule has 0 saturated carbocycles. The van der Waals surface area contributed by atoms with E-state index in [2.05, 4.69) is 4.98 Å². The van der Waals surface area contributed by atoms with E-state index in [-0.39, 0.29) is 5.75 Å². The lowest BCUT2D eigenvalue weighted by Crippen LogP contribution is -1.90. The molecular weight excluding hydrogens is 200 g/mol. The van der Waals surface area contributed by atoms with Crippen LogP contribution in [0.1, 0.15) is 0 Å². The van der Waals surface area contributed by atoms with E-state index in [0.29, 0.717) is 5.69 Å². The summed E-state index contributed by atoms with van der Waals surface area (Å²) in [4.78, 5) is 4.49. The molecule has 0 aliphatic heterocycles. The van der Waals surface area contributed by atoms with Crippen LogP contribution in [0.15, 0.2) is 42.5 Å². The van der Waals surface area contributed by atoms with Crippen LogP contribution in [0.2, 0.25) is 0 Å². The van der Waals surface area contributed by atoms with E-state index < -0.39 is 0 Å². The summed E-state index contributed by atoms with van der Waals surface area (Å²) >= 11 is 0. The van der Waals surface area contributed by atoms with E-state index >= 15 is 0 Å². The Bertz CT molecular complexity index is 692. The van der Waals surface area contributed by atoms with Crippen molar-refractivity contribution in [2.75, 3.05) is 5.73 Å². The van der Waals surface area contributed by atoms with Crippen molar-refractivity contribution in [3.8, 4) is 5.75 Å². The van der Waals surface area contributed by atoms with E-state index in [0.717, 1.165) is 21.8 Å². The molecule has 0 aliphatic carbocycles. The molecule has 1 aromatic heterocycles. The van der Waals surface area contributed by atoms with Gasteiger partial charge in [0.2, 0.25) is 0 Å². The molecule has 3 N–H and O–H groups in total. The summed E-state index contributed by atoms with van der Waals surface area (Å²) in [6.07, 6.45) is 0. The third-order valence-electron chi connectivity index (χ3n) is 2.72. The number of benzene rings is 2. The Morgan fingerprint density at radius 1 is 1.00 bits per heavy atom. The number of hydrogen-bond acceptors (Lipinski definition) is 3. The van der Waals surface area contributed by atoms with Crippen molar-refractivity contribution in [1.29, 1.82) is 0 Å². The van der Waals surface area contributed by atoms with Gasteiger partial charge in [-0.1, -0.05) is 18.2 Å². The standard InChI is InChI=1S/C13H10N2O/c14-13-9-7-8-3-1-2-4-10(8)15-11(9)5-6-12(13)16/h1-7,16H,14H2. The summed E-state index contributed by atoms with van der Waals surface area (Å²) in [6.45, 7) is 0. The first kappa shape index (κ1) is 8.97. The van der Waals surface area contributed by atoms with Crippen molar-refractivity contribution in [2.24, 2.45) is 0 Å². The third-order valence-corrected chi connectivity index (χ3v) is 2.72. The van der Waals surface area contributed by atoms with Gasteiger partial charge in [0.05, 0.1) is 16.7 Å². The van der Waals surface area contributed by atoms with Crippen LogP contribution in [0.4, 0.5) is 5.69 Å². The van der Waals surface area contributed by atoms with Gasteiger partial charge in [-0.25, -0.2) is 4.98 Å². The molecule has 3 rings (SSSR count). The average Bonchev–Trinajstić information content (AvgIpc) is 2.32. The minimum Gasteiger partial charge on any atom is -0.506 e. The number of fused-ring (bicyclic) bond motifs is 2. The zero-order valence-corrected chi connectivity index (χ0v) is 8.51. The molecule has 16 heavy (non-hydrogen) atoms. The highest BCUT2D eigenvalue weighted by molar-refractivity contribution is 6.00. The van der Waals surface area contributed by atoms with Gasteiger partial charge in [-0.15, -0.1) is 0 Å². The Morgan fingerprint density at radius 2 is 1.81 bits per heavy atom. The maximum atomic E-state index is 9.54. The Morgan fingerprint density at radius 3 is 2.69 bits per heavy atom. The van der Waals surface area contributed by atoms with Crippen LogP contribution in [-0.4, -0.2) is 10.1 Å². The third kappa shape index (κ3) is 1.18. The molecule has 0 atom stereocenters. The molecule has 0 spiro atoms. The summed E-state index contributed by atoms with van der Waals surface area (Å²) in [5.74, 6) is 0.101. The molecular formula is C13H10N2O. The van der Waals surface area contributed by atoms with Gasteiger partial charge >= 0.3 is 0 Å². The predicted molar refractivity (Wildman–Crippen MR) is 65.3 cm³/mol. The van der Waals surface area contributed by atoms with Crippen LogP contribution in [0.5, 0.6) is 5.75 Å². The fourth-order valence-electron chi connectivity index (χ4n) is 1.86. The fraction of sp³-hybridized carbons (Fsp3) is 0. The summed E-state index contributed by atoms with van der Waals surface area (Å²) in [5.41, 5.74) is 7.93. The second-order valence-corrected chi connectivity index (χ2v) is 3.75. The molecule has 0 bridgehead atoms. The minimum absolute atomic E-state index is 0.101. The van der Waals surface area contributed by atoms with Gasteiger partial charge in [0.25, 0.3) is 0 Å². The molecule has 1 heterocycles. The van der Waals surface area contributed by atoms with E-state index in [9.17, 15) is 5.11 Å². The molecule has 3 nitrogen and oxygen atoms in total. The van der Waals surface area contributed by atoms with Crippen molar-refractivity contribution in [2.45, 2.75) is 0 Å². The molecule has 3 aromatic rings. The first-order valence-corrected chi connectivity index (χ1v) is 5.02. The number of rotatable bonds is 0. The Labute approximate surface area is 92.1 Å². The zero-order chi connectivity index (χ0) is 11.1. The average molecular weight is 210 g/mol. The number of pyridine rings is 1. The second kappa shape index (κ2) is 3.10. The van der Waals surface area contributed by atoms with Gasteiger partial charge in [0, 0.05) is 10.8 Å².